The van der Waals surface area contributed by atoms with E-state index < -0.39 is 0 Å². The van der Waals surface area contributed by atoms with Gasteiger partial charge in [-0.25, -0.2) is 4.79 Å². The molecule has 4 saturated carbocycles. The van der Waals surface area contributed by atoms with Gasteiger partial charge in [0, 0.05) is 0 Å². The summed E-state index contributed by atoms with van der Waals surface area (Å²) < 4.78 is 5.03. The monoisotopic (exact) mass is 412 g/mol. The van der Waals surface area contributed by atoms with Crippen molar-refractivity contribution in [3.8, 4) is 0 Å². The van der Waals surface area contributed by atoms with Crippen LogP contribution in [0.1, 0.15) is 66.1 Å². The fourth-order valence-electron chi connectivity index (χ4n) is 6.18. The number of benzene rings is 2. The van der Waals surface area contributed by atoms with E-state index in [2.05, 4.69) is 42.5 Å². The molecule has 0 atom stereocenters. The summed E-state index contributed by atoms with van der Waals surface area (Å²) in [6.07, 6.45) is 15.0. The molecule has 0 unspecified atom stereocenters. The highest BCUT2D eigenvalue weighted by Gasteiger charge is 2.44. The number of carbonyl (C=O) groups is 1. The SMILES string of the molecule is CCOC(=O)c1ccc(C=CCc2ccc(C=C3C4CC5CC(C4)CC3C5)cc2)cc1. The summed E-state index contributed by atoms with van der Waals surface area (Å²) in [6.45, 7) is 2.22. The van der Waals surface area contributed by atoms with Crippen molar-refractivity contribution in [3.05, 3.63) is 82.4 Å². The first-order valence-electron chi connectivity index (χ1n) is 11.9. The summed E-state index contributed by atoms with van der Waals surface area (Å²) in [5.74, 6) is 3.52. The Hall–Kier alpha value is -2.61. The highest BCUT2D eigenvalue weighted by Crippen LogP contribution is 2.56. The Bertz CT molecular complexity index is 948. The van der Waals surface area contributed by atoms with Gasteiger partial charge >= 0.3 is 5.97 Å². The van der Waals surface area contributed by atoms with Crippen LogP contribution in [-0.4, -0.2) is 12.6 Å². The average Bonchev–Trinajstić information content (AvgIpc) is 2.77. The lowest BCUT2D eigenvalue weighted by atomic mass is 9.54. The third kappa shape index (κ3) is 4.54. The Balaban J connectivity index is 1.19. The molecule has 0 saturated heterocycles. The van der Waals surface area contributed by atoms with Crippen LogP contribution in [0.3, 0.4) is 0 Å². The predicted molar refractivity (Wildman–Crippen MR) is 127 cm³/mol. The van der Waals surface area contributed by atoms with Crippen LogP contribution in [0.5, 0.6) is 0 Å². The molecule has 4 aliphatic rings. The Morgan fingerprint density at radius 3 is 2.10 bits per heavy atom. The van der Waals surface area contributed by atoms with Crippen molar-refractivity contribution in [2.45, 2.75) is 45.4 Å². The Labute approximate surface area is 186 Å². The minimum atomic E-state index is -0.262. The number of allylic oxidation sites excluding steroid dienone is 2. The van der Waals surface area contributed by atoms with Gasteiger partial charge in [-0.3, -0.25) is 0 Å². The third-order valence-electron chi connectivity index (χ3n) is 7.48. The molecule has 0 heterocycles. The summed E-state index contributed by atoms with van der Waals surface area (Å²) in [6, 6.07) is 16.7. The topological polar surface area (TPSA) is 26.3 Å². The van der Waals surface area contributed by atoms with E-state index in [1.54, 1.807) is 5.57 Å². The summed E-state index contributed by atoms with van der Waals surface area (Å²) in [5, 5.41) is 0. The molecular weight excluding hydrogens is 380 g/mol. The zero-order valence-electron chi connectivity index (χ0n) is 18.4. The van der Waals surface area contributed by atoms with Gasteiger partial charge in [0.05, 0.1) is 12.2 Å². The number of rotatable bonds is 6. The lowest BCUT2D eigenvalue weighted by Crippen LogP contribution is -2.40. The average molecular weight is 413 g/mol. The van der Waals surface area contributed by atoms with E-state index in [4.69, 9.17) is 4.74 Å². The summed E-state index contributed by atoms with van der Waals surface area (Å²) >= 11 is 0. The van der Waals surface area contributed by atoms with Gasteiger partial charge in [-0.2, -0.15) is 0 Å². The zero-order chi connectivity index (χ0) is 21.2. The number of carbonyl (C=O) groups excluding carboxylic acids is 1. The van der Waals surface area contributed by atoms with Crippen molar-refractivity contribution in [2.24, 2.45) is 23.7 Å². The number of hydrogen-bond donors (Lipinski definition) is 0. The summed E-state index contributed by atoms with van der Waals surface area (Å²) in [5.41, 5.74) is 6.14. The largest absolute Gasteiger partial charge is 0.462 e. The Morgan fingerprint density at radius 2 is 1.48 bits per heavy atom. The lowest BCUT2D eigenvalue weighted by Gasteiger charge is -2.51. The molecule has 2 aromatic carbocycles. The highest BCUT2D eigenvalue weighted by atomic mass is 16.5. The molecule has 2 nitrogen and oxygen atoms in total. The van der Waals surface area contributed by atoms with Gasteiger partial charge in [-0.15, -0.1) is 0 Å². The van der Waals surface area contributed by atoms with Gasteiger partial charge in [-0.1, -0.05) is 60.2 Å². The molecule has 0 radical (unpaired) electrons. The van der Waals surface area contributed by atoms with Gasteiger partial charge in [0.25, 0.3) is 0 Å². The molecule has 160 valence electrons. The molecule has 31 heavy (non-hydrogen) atoms. The fraction of sp³-hybridized carbons (Fsp3) is 0.414. The lowest BCUT2D eigenvalue weighted by molar-refractivity contribution is 0.0526. The van der Waals surface area contributed by atoms with E-state index >= 15 is 0 Å². The molecule has 0 amide bonds. The standard InChI is InChI=1S/C29H32O2/c1-2-31-29(30)25-12-10-21(11-13-25)5-3-4-20-6-8-22(9-7-20)19-28-26-15-23-14-24(17-26)18-27(28)16-23/h3,5-13,19,23-24,26-27H,2,4,14-18H2,1H3. The Kier molecular flexibility index (Phi) is 5.80. The van der Waals surface area contributed by atoms with Crippen molar-refractivity contribution in [1.82, 2.24) is 0 Å². The molecular formula is C29H32O2. The van der Waals surface area contributed by atoms with Crippen LogP contribution < -0.4 is 0 Å². The van der Waals surface area contributed by atoms with E-state index in [0.29, 0.717) is 12.2 Å². The van der Waals surface area contributed by atoms with Crippen molar-refractivity contribution in [3.63, 3.8) is 0 Å². The molecule has 4 aliphatic carbocycles. The maximum atomic E-state index is 11.7. The van der Waals surface area contributed by atoms with Gasteiger partial charge in [-0.05, 0) is 97.9 Å². The molecule has 0 spiro atoms. The minimum Gasteiger partial charge on any atom is -0.462 e. The first-order valence-corrected chi connectivity index (χ1v) is 11.9. The van der Waals surface area contributed by atoms with Crippen LogP contribution in [0.4, 0.5) is 0 Å². The van der Waals surface area contributed by atoms with Crippen molar-refractivity contribution < 1.29 is 9.53 Å². The van der Waals surface area contributed by atoms with Crippen LogP contribution in [0.25, 0.3) is 12.2 Å². The van der Waals surface area contributed by atoms with Crippen LogP contribution in [0.15, 0.2) is 60.2 Å². The van der Waals surface area contributed by atoms with E-state index in [-0.39, 0.29) is 5.97 Å². The maximum absolute atomic E-state index is 11.7. The van der Waals surface area contributed by atoms with E-state index in [9.17, 15) is 4.79 Å². The molecule has 0 N–H and O–H groups in total. The molecule has 0 aliphatic heterocycles. The number of esters is 1. The maximum Gasteiger partial charge on any atom is 0.338 e. The van der Waals surface area contributed by atoms with E-state index in [1.807, 2.05) is 31.2 Å². The molecule has 6 rings (SSSR count). The molecule has 4 bridgehead atoms. The Morgan fingerprint density at radius 1 is 0.871 bits per heavy atom. The van der Waals surface area contributed by atoms with Crippen molar-refractivity contribution >= 4 is 18.1 Å². The minimum absolute atomic E-state index is 0.262. The summed E-state index contributed by atoms with van der Waals surface area (Å²) in [4.78, 5) is 11.7. The third-order valence-corrected chi connectivity index (χ3v) is 7.48. The summed E-state index contributed by atoms with van der Waals surface area (Å²) in [7, 11) is 0. The molecule has 2 aromatic rings. The first-order chi connectivity index (χ1) is 15.2. The van der Waals surface area contributed by atoms with Gasteiger partial charge in [0.15, 0.2) is 0 Å². The van der Waals surface area contributed by atoms with Crippen LogP contribution in [0.2, 0.25) is 0 Å². The van der Waals surface area contributed by atoms with Crippen LogP contribution in [0, 0.1) is 23.7 Å². The van der Waals surface area contributed by atoms with Crippen molar-refractivity contribution in [2.75, 3.05) is 6.61 Å². The second kappa shape index (κ2) is 8.86. The molecule has 2 heteroatoms. The van der Waals surface area contributed by atoms with Crippen molar-refractivity contribution in [1.29, 1.82) is 0 Å². The number of hydrogen-bond acceptors (Lipinski definition) is 2. The molecule has 0 aromatic heterocycles. The number of ether oxygens (including phenoxy) is 1. The second-order valence-electron chi connectivity index (χ2n) is 9.64. The first kappa shape index (κ1) is 20.3. The molecule has 4 fully saturated rings. The van der Waals surface area contributed by atoms with Gasteiger partial charge < -0.3 is 4.74 Å². The van der Waals surface area contributed by atoms with E-state index in [0.717, 1.165) is 35.7 Å². The predicted octanol–water partition coefficient (Wildman–Crippen LogP) is 6.96. The quantitative estimate of drug-likeness (QED) is 0.479. The second-order valence-corrected chi connectivity index (χ2v) is 9.64. The van der Waals surface area contributed by atoms with Crippen LogP contribution in [-0.2, 0) is 11.2 Å². The highest BCUT2D eigenvalue weighted by molar-refractivity contribution is 5.89. The normalized spacial score (nSPS) is 26.4. The van der Waals surface area contributed by atoms with Gasteiger partial charge in [0.1, 0.15) is 0 Å². The van der Waals surface area contributed by atoms with Crippen LogP contribution >= 0.6 is 0 Å². The van der Waals surface area contributed by atoms with E-state index in [1.165, 1.54) is 43.2 Å². The fourth-order valence-corrected chi connectivity index (χ4v) is 6.18. The zero-order valence-corrected chi connectivity index (χ0v) is 18.4. The van der Waals surface area contributed by atoms with Gasteiger partial charge in [0.2, 0.25) is 0 Å². The smallest absolute Gasteiger partial charge is 0.338 e.